The molecule has 1 aromatic rings. The molecule has 0 amide bonds. The molecule has 80 valence electrons. The fourth-order valence-electron chi connectivity index (χ4n) is 1.41. The maximum absolute atomic E-state index is 6.05. The molecule has 15 heavy (non-hydrogen) atoms. The summed E-state index contributed by atoms with van der Waals surface area (Å²) in [5, 5.41) is 0.571. The standard InChI is InChI=1S/C11H10Cl2O2/c12-3-1-2-8-6-9(13)11-10(7-8)14-4-5-15-11/h1-2,6-7H,3-5H2. The van der Waals surface area contributed by atoms with E-state index < -0.39 is 0 Å². The van der Waals surface area contributed by atoms with Crippen molar-refractivity contribution >= 4 is 29.3 Å². The predicted molar refractivity (Wildman–Crippen MR) is 62.2 cm³/mol. The van der Waals surface area contributed by atoms with Gasteiger partial charge in [0.2, 0.25) is 0 Å². The molecule has 0 bridgehead atoms. The van der Waals surface area contributed by atoms with E-state index >= 15 is 0 Å². The minimum absolute atomic E-state index is 0.478. The third-order valence-electron chi connectivity index (χ3n) is 2.02. The average molecular weight is 245 g/mol. The molecule has 0 radical (unpaired) electrons. The highest BCUT2D eigenvalue weighted by Gasteiger charge is 2.15. The summed E-state index contributed by atoms with van der Waals surface area (Å²) in [5.41, 5.74) is 0.963. The van der Waals surface area contributed by atoms with Gasteiger partial charge in [-0.2, -0.15) is 0 Å². The normalized spacial score (nSPS) is 14.5. The van der Waals surface area contributed by atoms with Crippen LogP contribution in [-0.2, 0) is 0 Å². The Morgan fingerprint density at radius 1 is 1.27 bits per heavy atom. The average Bonchev–Trinajstić information content (AvgIpc) is 2.26. The van der Waals surface area contributed by atoms with Crippen LogP contribution < -0.4 is 9.47 Å². The summed E-state index contributed by atoms with van der Waals surface area (Å²) in [4.78, 5) is 0. The monoisotopic (exact) mass is 244 g/mol. The van der Waals surface area contributed by atoms with Crippen LogP contribution in [0.2, 0.25) is 5.02 Å². The number of ether oxygens (including phenoxy) is 2. The lowest BCUT2D eigenvalue weighted by Gasteiger charge is -2.19. The van der Waals surface area contributed by atoms with Gasteiger partial charge in [0.1, 0.15) is 13.2 Å². The lowest BCUT2D eigenvalue weighted by Crippen LogP contribution is -2.15. The van der Waals surface area contributed by atoms with Crippen LogP contribution in [0.25, 0.3) is 6.08 Å². The number of rotatable bonds is 2. The first-order valence-corrected chi connectivity index (χ1v) is 5.54. The number of hydrogen-bond donors (Lipinski definition) is 0. The fraction of sp³-hybridized carbons (Fsp3) is 0.273. The van der Waals surface area contributed by atoms with E-state index in [4.69, 9.17) is 32.7 Å². The minimum atomic E-state index is 0.478. The smallest absolute Gasteiger partial charge is 0.179 e. The largest absolute Gasteiger partial charge is 0.486 e. The molecule has 4 heteroatoms. The van der Waals surface area contributed by atoms with Gasteiger partial charge in [-0.05, 0) is 17.7 Å². The Hall–Kier alpha value is -0.860. The van der Waals surface area contributed by atoms with Crippen molar-refractivity contribution < 1.29 is 9.47 Å². The number of benzene rings is 1. The van der Waals surface area contributed by atoms with Crippen LogP contribution >= 0.6 is 23.2 Å². The summed E-state index contributed by atoms with van der Waals surface area (Å²) in [7, 11) is 0. The van der Waals surface area contributed by atoms with Crippen molar-refractivity contribution in [1.29, 1.82) is 0 Å². The zero-order valence-electron chi connectivity index (χ0n) is 8.00. The molecule has 2 rings (SSSR count). The van der Waals surface area contributed by atoms with Gasteiger partial charge in [-0.3, -0.25) is 0 Å². The van der Waals surface area contributed by atoms with Gasteiger partial charge in [-0.1, -0.05) is 23.8 Å². The Balaban J connectivity index is 2.36. The molecule has 2 nitrogen and oxygen atoms in total. The lowest BCUT2D eigenvalue weighted by atomic mass is 10.2. The van der Waals surface area contributed by atoms with E-state index in [0.717, 1.165) is 5.56 Å². The molecule has 0 spiro atoms. The van der Waals surface area contributed by atoms with Gasteiger partial charge in [0.25, 0.3) is 0 Å². The second kappa shape index (κ2) is 4.77. The van der Waals surface area contributed by atoms with Crippen LogP contribution in [0.4, 0.5) is 0 Å². The first-order valence-electron chi connectivity index (χ1n) is 4.63. The van der Waals surface area contributed by atoms with Crippen molar-refractivity contribution in [3.05, 3.63) is 28.8 Å². The van der Waals surface area contributed by atoms with Crippen molar-refractivity contribution in [3.63, 3.8) is 0 Å². The predicted octanol–water partition coefficient (Wildman–Crippen LogP) is 3.36. The quantitative estimate of drug-likeness (QED) is 0.744. The lowest BCUT2D eigenvalue weighted by molar-refractivity contribution is 0.171. The van der Waals surface area contributed by atoms with Crippen LogP contribution in [0.3, 0.4) is 0 Å². The zero-order chi connectivity index (χ0) is 10.7. The van der Waals surface area contributed by atoms with Crippen LogP contribution in [0.15, 0.2) is 18.2 Å². The summed E-state index contributed by atoms with van der Waals surface area (Å²) in [5.74, 6) is 1.81. The van der Waals surface area contributed by atoms with Crippen molar-refractivity contribution in [3.8, 4) is 11.5 Å². The molecular weight excluding hydrogens is 235 g/mol. The van der Waals surface area contributed by atoms with E-state index in [1.54, 1.807) is 0 Å². The van der Waals surface area contributed by atoms with Gasteiger partial charge in [-0.15, -0.1) is 11.6 Å². The second-order valence-corrected chi connectivity index (χ2v) is 3.80. The van der Waals surface area contributed by atoms with E-state index in [9.17, 15) is 0 Å². The van der Waals surface area contributed by atoms with E-state index in [0.29, 0.717) is 35.6 Å². The molecule has 0 unspecified atom stereocenters. The second-order valence-electron chi connectivity index (χ2n) is 3.08. The summed E-state index contributed by atoms with van der Waals surface area (Å²) < 4.78 is 10.9. The van der Waals surface area contributed by atoms with Gasteiger partial charge in [-0.25, -0.2) is 0 Å². The van der Waals surface area contributed by atoms with Crippen molar-refractivity contribution in [2.45, 2.75) is 0 Å². The SMILES string of the molecule is ClCC=Cc1cc(Cl)c2c(c1)OCCO2. The maximum Gasteiger partial charge on any atom is 0.179 e. The third-order valence-corrected chi connectivity index (χ3v) is 2.48. The third kappa shape index (κ3) is 2.39. The van der Waals surface area contributed by atoms with Crippen LogP contribution in [0, 0.1) is 0 Å². The summed E-state index contributed by atoms with van der Waals surface area (Å²) >= 11 is 11.6. The Morgan fingerprint density at radius 2 is 2.07 bits per heavy atom. The van der Waals surface area contributed by atoms with Gasteiger partial charge in [0, 0.05) is 5.88 Å². The van der Waals surface area contributed by atoms with Crippen LogP contribution in [0.5, 0.6) is 11.5 Å². The van der Waals surface area contributed by atoms with Gasteiger partial charge in [0.05, 0.1) is 5.02 Å². The number of fused-ring (bicyclic) bond motifs is 1. The van der Waals surface area contributed by atoms with Gasteiger partial charge < -0.3 is 9.47 Å². The first kappa shape index (κ1) is 10.7. The molecule has 0 aromatic heterocycles. The Labute approximate surface area is 98.4 Å². The van der Waals surface area contributed by atoms with E-state index in [1.807, 2.05) is 24.3 Å². The topological polar surface area (TPSA) is 18.5 Å². The first-order chi connectivity index (χ1) is 7.31. The zero-order valence-corrected chi connectivity index (χ0v) is 9.52. The highest BCUT2D eigenvalue weighted by atomic mass is 35.5. The van der Waals surface area contributed by atoms with Crippen molar-refractivity contribution in [2.75, 3.05) is 19.1 Å². The molecule has 1 aliphatic rings. The molecule has 0 N–H and O–H groups in total. The van der Waals surface area contributed by atoms with E-state index in [1.165, 1.54) is 0 Å². The molecule has 0 saturated carbocycles. The van der Waals surface area contributed by atoms with Gasteiger partial charge in [0.15, 0.2) is 11.5 Å². The molecule has 0 saturated heterocycles. The Kier molecular flexibility index (Phi) is 3.39. The molecule has 0 fully saturated rings. The van der Waals surface area contributed by atoms with E-state index in [-0.39, 0.29) is 0 Å². The van der Waals surface area contributed by atoms with Crippen molar-refractivity contribution in [1.82, 2.24) is 0 Å². The van der Waals surface area contributed by atoms with Crippen molar-refractivity contribution in [2.24, 2.45) is 0 Å². The Morgan fingerprint density at radius 3 is 2.87 bits per heavy atom. The highest BCUT2D eigenvalue weighted by molar-refractivity contribution is 6.32. The molecule has 1 aromatic carbocycles. The molecule has 0 aliphatic carbocycles. The summed E-state index contributed by atoms with van der Waals surface area (Å²) in [6.45, 7) is 1.11. The minimum Gasteiger partial charge on any atom is -0.486 e. The Bertz CT molecular complexity index is 388. The van der Waals surface area contributed by atoms with E-state index in [2.05, 4.69) is 0 Å². The number of allylic oxidation sites excluding steroid dienone is 1. The molecule has 1 aliphatic heterocycles. The number of hydrogen-bond acceptors (Lipinski definition) is 2. The fourth-order valence-corrected chi connectivity index (χ4v) is 1.77. The van der Waals surface area contributed by atoms with Gasteiger partial charge >= 0.3 is 0 Å². The maximum atomic E-state index is 6.05. The summed E-state index contributed by atoms with van der Waals surface area (Å²) in [6.07, 6.45) is 3.75. The van der Waals surface area contributed by atoms with Crippen LogP contribution in [-0.4, -0.2) is 19.1 Å². The number of halogens is 2. The molecule has 1 heterocycles. The molecule has 0 atom stereocenters. The number of alkyl halides is 1. The highest BCUT2D eigenvalue weighted by Crippen LogP contribution is 2.38. The van der Waals surface area contributed by atoms with Crippen LogP contribution in [0.1, 0.15) is 5.56 Å². The summed E-state index contributed by atoms with van der Waals surface area (Å²) in [6, 6.07) is 3.72. The molecular formula is C11H10Cl2O2.